The fourth-order valence-electron chi connectivity index (χ4n) is 13.5. The number of benzene rings is 13. The Morgan fingerprint density at radius 1 is 0.307 bits per heavy atom. The summed E-state index contributed by atoms with van der Waals surface area (Å²) in [5.41, 5.74) is 18.7. The Morgan fingerprint density at radius 2 is 0.705 bits per heavy atom. The third-order valence-corrected chi connectivity index (χ3v) is 18.0. The van der Waals surface area contributed by atoms with Gasteiger partial charge in [0.15, 0.2) is 22.3 Å². The van der Waals surface area contributed by atoms with Gasteiger partial charge in [0, 0.05) is 77.0 Å². The monoisotopic (exact) mass is 1130 g/mol. The molecule has 0 unspecified atom stereocenters. The lowest BCUT2D eigenvalue weighted by atomic mass is 10.00. The van der Waals surface area contributed by atoms with Crippen LogP contribution in [0.5, 0.6) is 0 Å². The van der Waals surface area contributed by atoms with Crippen molar-refractivity contribution in [1.29, 1.82) is 5.26 Å². The average Bonchev–Trinajstić information content (AvgIpc) is 1.65. The van der Waals surface area contributed by atoms with Gasteiger partial charge in [0.05, 0.1) is 11.4 Å². The summed E-state index contributed by atoms with van der Waals surface area (Å²) in [6, 6.07) is 90.6. The van der Waals surface area contributed by atoms with E-state index >= 15 is 0 Å². The number of nitriles is 1. The van der Waals surface area contributed by atoms with Crippen molar-refractivity contribution in [1.82, 2.24) is 0 Å². The summed E-state index contributed by atoms with van der Waals surface area (Å²) in [6.07, 6.45) is 0. The first kappa shape index (κ1) is 51.1. The highest BCUT2D eigenvalue weighted by Crippen LogP contribution is 2.49. The Hall–Kier alpha value is -11.3. The number of nitrogens with zero attached hydrogens (tertiary/aromatic N) is 3. The van der Waals surface area contributed by atoms with Gasteiger partial charge in [0.1, 0.15) is 34.0 Å². The lowest BCUT2D eigenvalue weighted by molar-refractivity contribution is 0.654. The molecule has 0 N–H and O–H groups in total. The van der Waals surface area contributed by atoms with Crippen LogP contribution >= 0.6 is 0 Å². The van der Waals surface area contributed by atoms with Gasteiger partial charge in [-0.1, -0.05) is 185 Å². The highest BCUT2D eigenvalue weighted by Gasteiger charge is 2.26. The maximum absolute atomic E-state index is 11.1. The fraction of sp³-hybridized carbons (Fsp3) is 0.0741. The van der Waals surface area contributed by atoms with Crippen LogP contribution in [0, 0.1) is 11.3 Å². The molecule has 0 bridgehead atoms. The number of hydrogen-bond acceptors (Lipinski definition) is 7. The summed E-state index contributed by atoms with van der Waals surface area (Å²) >= 11 is 0. The quantitative estimate of drug-likeness (QED) is 0.135. The Morgan fingerprint density at radius 3 is 1.11 bits per heavy atom. The summed E-state index contributed by atoms with van der Waals surface area (Å²) in [5.74, 6) is 0.763. The van der Waals surface area contributed by atoms with Gasteiger partial charge >= 0.3 is 0 Å². The van der Waals surface area contributed by atoms with Crippen LogP contribution in [0.3, 0.4) is 0 Å². The van der Waals surface area contributed by atoms with Crippen molar-refractivity contribution in [3.05, 3.63) is 265 Å². The molecule has 17 rings (SSSR count). The minimum atomic E-state index is 0.366. The van der Waals surface area contributed by atoms with Crippen LogP contribution in [0.25, 0.3) is 132 Å². The van der Waals surface area contributed by atoms with E-state index in [1.54, 1.807) is 0 Å². The highest BCUT2D eigenvalue weighted by atomic mass is 16.3. The maximum Gasteiger partial charge on any atom is 0.159 e. The molecule has 0 radical (unpaired) electrons. The van der Waals surface area contributed by atoms with Gasteiger partial charge in [-0.25, -0.2) is 0 Å². The SMILES string of the molecule is CC(C)c1ccc(N(c2ccc3cc4c(cc3c2)oc2c(C#N)c3oc5cc6cc(N(c7ccc(C(C)C)cc7)c7cccc8c7oc7c(-c9ccccc9)cccc78)ccc6cc5c3cc24)c2cccc3c2oc2c(-c4ccccc4)cccc23)cc1. The van der Waals surface area contributed by atoms with Gasteiger partial charge < -0.3 is 27.5 Å². The predicted molar refractivity (Wildman–Crippen MR) is 364 cm³/mol. The minimum Gasteiger partial charge on any atom is -0.454 e. The van der Waals surface area contributed by atoms with Crippen LogP contribution < -0.4 is 9.80 Å². The molecule has 0 amide bonds. The van der Waals surface area contributed by atoms with Crippen molar-refractivity contribution >= 4 is 143 Å². The first-order valence-electron chi connectivity index (χ1n) is 30.1. The summed E-state index contributed by atoms with van der Waals surface area (Å²) in [5, 5.41) is 22.9. The van der Waals surface area contributed by atoms with Gasteiger partial charge in [-0.3, -0.25) is 0 Å². The average molecular weight is 1130 g/mol. The number of furan rings is 4. The zero-order valence-corrected chi connectivity index (χ0v) is 48.8. The van der Waals surface area contributed by atoms with E-state index in [4.69, 9.17) is 17.7 Å². The number of anilines is 6. The van der Waals surface area contributed by atoms with Crippen LogP contribution in [-0.2, 0) is 0 Å². The molecule has 418 valence electrons. The highest BCUT2D eigenvalue weighted by molar-refractivity contribution is 6.21. The third-order valence-electron chi connectivity index (χ3n) is 18.0. The zero-order chi connectivity index (χ0) is 58.9. The van der Waals surface area contributed by atoms with E-state index in [0.717, 1.165) is 143 Å². The van der Waals surface area contributed by atoms with Crippen LogP contribution in [-0.4, -0.2) is 0 Å². The Balaban J connectivity index is 0.781. The van der Waals surface area contributed by atoms with E-state index in [0.29, 0.717) is 39.7 Å². The van der Waals surface area contributed by atoms with E-state index in [2.05, 4.69) is 280 Å². The van der Waals surface area contributed by atoms with Crippen molar-refractivity contribution < 1.29 is 17.7 Å². The van der Waals surface area contributed by atoms with Gasteiger partial charge in [0.25, 0.3) is 0 Å². The molecule has 17 aromatic rings. The van der Waals surface area contributed by atoms with Crippen molar-refractivity contribution in [3.63, 3.8) is 0 Å². The molecule has 7 nitrogen and oxygen atoms in total. The summed E-state index contributed by atoms with van der Waals surface area (Å²) in [4.78, 5) is 4.59. The van der Waals surface area contributed by atoms with Gasteiger partial charge in [-0.05, 0) is 147 Å². The molecule has 0 fully saturated rings. The molecule has 0 saturated carbocycles. The molecular formula is C81H55N3O4. The van der Waals surface area contributed by atoms with Crippen LogP contribution in [0.15, 0.2) is 266 Å². The molecule has 0 aliphatic heterocycles. The Bertz CT molecular complexity index is 5360. The molecule has 0 aliphatic carbocycles. The molecule has 0 aliphatic rings. The Kier molecular flexibility index (Phi) is 11.6. The number of fused-ring (bicyclic) bond motifs is 14. The van der Waals surface area contributed by atoms with E-state index in [-0.39, 0.29) is 0 Å². The van der Waals surface area contributed by atoms with Crippen LogP contribution in [0.4, 0.5) is 34.1 Å². The van der Waals surface area contributed by atoms with Gasteiger partial charge in [-0.15, -0.1) is 0 Å². The molecule has 4 aromatic heterocycles. The molecule has 0 atom stereocenters. The molecule has 13 aromatic carbocycles. The molecule has 0 saturated heterocycles. The first-order chi connectivity index (χ1) is 43.2. The lowest BCUT2D eigenvalue weighted by Gasteiger charge is -2.26. The van der Waals surface area contributed by atoms with Crippen molar-refractivity contribution in [3.8, 4) is 28.3 Å². The lowest BCUT2D eigenvalue weighted by Crippen LogP contribution is -2.10. The van der Waals surface area contributed by atoms with Gasteiger partial charge in [0.2, 0.25) is 0 Å². The van der Waals surface area contributed by atoms with E-state index in [1.165, 1.54) is 11.1 Å². The second kappa shape index (κ2) is 19.9. The number of para-hydroxylation sites is 4. The molecular weight excluding hydrogens is 1080 g/mol. The fourth-order valence-corrected chi connectivity index (χ4v) is 13.5. The van der Waals surface area contributed by atoms with Crippen LogP contribution in [0.1, 0.15) is 56.2 Å². The van der Waals surface area contributed by atoms with Crippen molar-refractivity contribution in [2.45, 2.75) is 39.5 Å². The first-order valence-corrected chi connectivity index (χ1v) is 30.1. The minimum absolute atomic E-state index is 0.366. The van der Waals surface area contributed by atoms with Gasteiger partial charge in [-0.2, -0.15) is 5.26 Å². The Labute approximate surface area is 506 Å². The normalized spacial score (nSPS) is 12.1. The smallest absolute Gasteiger partial charge is 0.159 e. The maximum atomic E-state index is 11.1. The third kappa shape index (κ3) is 8.03. The second-order valence-electron chi connectivity index (χ2n) is 23.9. The molecule has 0 spiro atoms. The largest absolute Gasteiger partial charge is 0.454 e. The zero-order valence-electron chi connectivity index (χ0n) is 48.8. The van der Waals surface area contributed by atoms with Crippen LogP contribution in [0.2, 0.25) is 0 Å². The topological polar surface area (TPSA) is 82.8 Å². The standard InChI is InChI=1S/C81H55N3O4/c1-47(2)49-27-33-57(34-28-49)83(72-25-13-23-65-63-21-11-19-61(76(63)87-80(65)72)51-15-7-5-8-16-51)59-37-31-53-41-67-69-45-70-68-42-54-32-38-60(40-56(54)44-75(68)86-79(70)71(46-82)78(69)85-74(67)43-55(53)39-59)84(58-35-29-50(30-36-58)48(3)4)73-26-14-24-66-64-22-12-20-62(77(64)88-81(66)73)52-17-9-6-10-18-52/h5-45,47-48H,1-4H3. The van der Waals surface area contributed by atoms with Crippen molar-refractivity contribution in [2.24, 2.45) is 0 Å². The summed E-state index contributed by atoms with van der Waals surface area (Å²) < 4.78 is 27.7. The van der Waals surface area contributed by atoms with E-state index < -0.39 is 0 Å². The number of hydrogen-bond donors (Lipinski definition) is 0. The van der Waals surface area contributed by atoms with Crippen molar-refractivity contribution in [2.75, 3.05) is 9.80 Å². The molecule has 88 heavy (non-hydrogen) atoms. The second-order valence-corrected chi connectivity index (χ2v) is 23.9. The predicted octanol–water partition coefficient (Wildman–Crippen LogP) is 24.0. The van der Waals surface area contributed by atoms with E-state index in [1.807, 2.05) is 12.1 Å². The molecule has 4 heterocycles. The number of rotatable bonds is 10. The van der Waals surface area contributed by atoms with E-state index in [9.17, 15) is 5.26 Å². The molecule has 7 heteroatoms. The summed E-state index contributed by atoms with van der Waals surface area (Å²) in [6.45, 7) is 8.89. The summed E-state index contributed by atoms with van der Waals surface area (Å²) in [7, 11) is 0.